The quantitative estimate of drug-likeness (QED) is 0.593. The van der Waals surface area contributed by atoms with Crippen molar-refractivity contribution in [1.82, 2.24) is 10.2 Å². The van der Waals surface area contributed by atoms with Crippen LogP contribution < -0.4 is 5.32 Å². The third-order valence-corrected chi connectivity index (χ3v) is 8.95. The summed E-state index contributed by atoms with van der Waals surface area (Å²) in [6.07, 6.45) is 7.40. The zero-order valence-corrected chi connectivity index (χ0v) is 19.2. The molecule has 1 aromatic carbocycles. The Hall–Kier alpha value is -1.79. The molecule has 5 fully saturated rings. The molecule has 174 valence electrons. The van der Waals surface area contributed by atoms with Crippen LogP contribution in [0.4, 0.5) is 4.79 Å². The summed E-state index contributed by atoms with van der Waals surface area (Å²) >= 11 is 6.38. The molecule has 1 aliphatic heterocycles. The average molecular weight is 461 g/mol. The second-order valence-electron chi connectivity index (χ2n) is 10.9. The number of aliphatic hydroxyl groups excluding tert-OH is 1. The average Bonchev–Trinajstić information content (AvgIpc) is 2.76. The number of carbonyl (C=O) groups is 2. The van der Waals surface area contributed by atoms with E-state index in [1.54, 1.807) is 18.2 Å². The van der Waals surface area contributed by atoms with Gasteiger partial charge in [0.2, 0.25) is 0 Å². The Kier molecular flexibility index (Phi) is 5.87. The second kappa shape index (κ2) is 8.53. The van der Waals surface area contributed by atoms with Gasteiger partial charge in [-0.3, -0.25) is 4.79 Å². The fourth-order valence-electron chi connectivity index (χ4n) is 7.45. The summed E-state index contributed by atoms with van der Waals surface area (Å²) in [6, 6.07) is 5.17. The highest BCUT2D eigenvalue weighted by atomic mass is 35.5. The number of benzene rings is 1. The molecule has 32 heavy (non-hydrogen) atoms. The highest BCUT2D eigenvalue weighted by molar-refractivity contribution is 6.33. The van der Waals surface area contributed by atoms with E-state index in [0.717, 1.165) is 17.8 Å². The van der Waals surface area contributed by atoms with E-state index < -0.39 is 12.2 Å². The molecule has 0 radical (unpaired) electrons. The first-order valence-electron chi connectivity index (χ1n) is 12.1. The summed E-state index contributed by atoms with van der Waals surface area (Å²) in [5.41, 5.74) is 1.34. The van der Waals surface area contributed by atoms with Gasteiger partial charge in [-0.2, -0.15) is 0 Å². The lowest BCUT2D eigenvalue weighted by molar-refractivity contribution is -0.0503. The molecule has 2 amide bonds. The maximum atomic E-state index is 13.1. The van der Waals surface area contributed by atoms with Gasteiger partial charge in [-0.1, -0.05) is 17.7 Å². The highest BCUT2D eigenvalue weighted by Gasteiger charge is 2.50. The summed E-state index contributed by atoms with van der Waals surface area (Å²) in [4.78, 5) is 25.6. The number of nitrogens with one attached hydrogen (secondary N) is 1. The molecule has 4 bridgehead atoms. The molecule has 1 atom stereocenters. The molecule has 5 aliphatic rings. The molecular weight excluding hydrogens is 428 g/mol. The molecule has 1 heterocycles. The van der Waals surface area contributed by atoms with Crippen molar-refractivity contribution < 1.29 is 19.8 Å². The van der Waals surface area contributed by atoms with Gasteiger partial charge in [0.15, 0.2) is 0 Å². The molecule has 4 aliphatic carbocycles. The van der Waals surface area contributed by atoms with E-state index in [1.807, 2.05) is 0 Å². The highest BCUT2D eigenvalue weighted by Crippen LogP contribution is 2.59. The van der Waals surface area contributed by atoms with E-state index in [4.69, 9.17) is 16.7 Å². The van der Waals surface area contributed by atoms with Crippen LogP contribution in [-0.2, 0) is 0 Å². The van der Waals surface area contributed by atoms with Gasteiger partial charge >= 0.3 is 6.09 Å². The molecule has 6 rings (SSSR count). The number of halogens is 1. The minimum Gasteiger partial charge on any atom is -0.465 e. The van der Waals surface area contributed by atoms with Crippen LogP contribution in [0.5, 0.6) is 0 Å². The van der Waals surface area contributed by atoms with Gasteiger partial charge in [0, 0.05) is 19.6 Å². The number of hydrogen-bond acceptors (Lipinski definition) is 3. The van der Waals surface area contributed by atoms with Crippen LogP contribution in [-0.4, -0.2) is 46.7 Å². The summed E-state index contributed by atoms with van der Waals surface area (Å²) in [5.74, 6) is 2.32. The van der Waals surface area contributed by atoms with E-state index in [9.17, 15) is 14.7 Å². The number of carbonyl (C=O) groups excluding carboxylic acids is 1. The van der Waals surface area contributed by atoms with Crippen molar-refractivity contribution in [2.75, 3.05) is 19.6 Å². The van der Waals surface area contributed by atoms with Crippen molar-refractivity contribution in [3.05, 3.63) is 34.3 Å². The lowest BCUT2D eigenvalue weighted by Gasteiger charge is -2.56. The molecule has 1 saturated heterocycles. The maximum absolute atomic E-state index is 13.1. The van der Waals surface area contributed by atoms with Crippen LogP contribution in [0.3, 0.4) is 0 Å². The summed E-state index contributed by atoms with van der Waals surface area (Å²) in [5, 5.41) is 23.6. The van der Waals surface area contributed by atoms with Crippen molar-refractivity contribution in [3.63, 3.8) is 0 Å². The maximum Gasteiger partial charge on any atom is 0.407 e. The fourth-order valence-corrected chi connectivity index (χ4v) is 7.65. The Morgan fingerprint density at radius 1 is 1.09 bits per heavy atom. The lowest BCUT2D eigenvalue weighted by Crippen LogP contribution is -2.51. The molecule has 7 heteroatoms. The summed E-state index contributed by atoms with van der Waals surface area (Å²) < 4.78 is 0. The molecule has 1 aromatic rings. The first-order chi connectivity index (χ1) is 15.3. The molecule has 0 aromatic heterocycles. The Morgan fingerprint density at radius 2 is 1.69 bits per heavy atom. The van der Waals surface area contributed by atoms with E-state index in [-0.39, 0.29) is 17.2 Å². The smallest absolute Gasteiger partial charge is 0.407 e. The van der Waals surface area contributed by atoms with Crippen LogP contribution in [0.2, 0.25) is 5.02 Å². The number of rotatable bonds is 5. The standard InChI is InChI=1S/C25H33ClN2O4/c26-21-2-1-19(22(29)18-3-5-28(6-4-18)24(31)32)10-20(21)23(30)27-14-25-11-15-7-16(12-25)9-17(8-15)13-25/h1-2,10,15-18,22,29H,3-9,11-14H2,(H,27,30)(H,31,32). The van der Waals surface area contributed by atoms with Gasteiger partial charge in [0.25, 0.3) is 5.91 Å². The van der Waals surface area contributed by atoms with Crippen molar-refractivity contribution in [2.24, 2.45) is 29.1 Å². The first kappa shape index (κ1) is 22.0. The van der Waals surface area contributed by atoms with Gasteiger partial charge in [0.1, 0.15) is 0 Å². The molecule has 3 N–H and O–H groups in total. The zero-order chi connectivity index (χ0) is 22.5. The number of hydrogen-bond donors (Lipinski definition) is 3. The van der Waals surface area contributed by atoms with E-state index in [0.29, 0.717) is 48.6 Å². The van der Waals surface area contributed by atoms with Crippen molar-refractivity contribution >= 4 is 23.6 Å². The largest absolute Gasteiger partial charge is 0.465 e. The van der Waals surface area contributed by atoms with Crippen molar-refractivity contribution in [2.45, 2.75) is 57.5 Å². The predicted molar refractivity (Wildman–Crippen MR) is 122 cm³/mol. The Labute approximate surface area is 194 Å². The Balaban J connectivity index is 1.24. The van der Waals surface area contributed by atoms with Crippen molar-refractivity contribution in [3.8, 4) is 0 Å². The van der Waals surface area contributed by atoms with Crippen LogP contribution >= 0.6 is 11.6 Å². The number of amides is 2. The normalized spacial score (nSPS) is 32.7. The minimum atomic E-state index is -0.914. The van der Waals surface area contributed by atoms with Gasteiger partial charge in [-0.15, -0.1) is 0 Å². The van der Waals surface area contributed by atoms with Crippen molar-refractivity contribution in [1.29, 1.82) is 0 Å². The number of carboxylic acid groups (broad SMARTS) is 1. The predicted octanol–water partition coefficient (Wildman–Crippen LogP) is 4.71. The van der Waals surface area contributed by atoms with E-state index in [2.05, 4.69) is 5.32 Å². The van der Waals surface area contributed by atoms with Crippen LogP contribution in [0.25, 0.3) is 0 Å². The SMILES string of the molecule is O=C(NCC12CC3CC(CC(C3)C1)C2)c1cc(C(O)C2CCN(C(=O)O)CC2)ccc1Cl. The Morgan fingerprint density at radius 3 is 2.25 bits per heavy atom. The Bertz CT molecular complexity index is 861. The third-order valence-electron chi connectivity index (χ3n) is 8.62. The number of aliphatic hydroxyl groups is 1. The molecule has 0 spiro atoms. The monoisotopic (exact) mass is 460 g/mol. The number of piperidine rings is 1. The van der Waals surface area contributed by atoms with Gasteiger partial charge < -0.3 is 20.4 Å². The number of likely N-dealkylation sites (tertiary alicyclic amines) is 1. The van der Waals surface area contributed by atoms with Gasteiger partial charge in [-0.05, 0) is 98.1 Å². The van der Waals surface area contributed by atoms with Gasteiger partial charge in [0.05, 0.1) is 16.7 Å². The topological polar surface area (TPSA) is 89.9 Å². The van der Waals surface area contributed by atoms with Crippen LogP contribution in [0, 0.1) is 29.1 Å². The van der Waals surface area contributed by atoms with Crippen LogP contribution in [0.1, 0.15) is 73.4 Å². The first-order valence-corrected chi connectivity index (χ1v) is 12.4. The second-order valence-corrected chi connectivity index (χ2v) is 11.3. The molecular formula is C25H33ClN2O4. The fraction of sp³-hybridized carbons (Fsp3) is 0.680. The lowest BCUT2D eigenvalue weighted by atomic mass is 9.49. The van der Waals surface area contributed by atoms with E-state index in [1.165, 1.54) is 43.4 Å². The molecule has 4 saturated carbocycles. The zero-order valence-electron chi connectivity index (χ0n) is 18.4. The summed E-state index contributed by atoms with van der Waals surface area (Å²) in [6.45, 7) is 1.55. The third kappa shape index (κ3) is 4.24. The van der Waals surface area contributed by atoms with E-state index >= 15 is 0 Å². The number of nitrogens with zero attached hydrogens (tertiary/aromatic N) is 1. The minimum absolute atomic E-state index is 0.0327. The van der Waals surface area contributed by atoms with Gasteiger partial charge in [-0.25, -0.2) is 4.79 Å². The molecule has 1 unspecified atom stereocenters. The molecule has 6 nitrogen and oxygen atoms in total. The van der Waals surface area contributed by atoms with Crippen LogP contribution in [0.15, 0.2) is 18.2 Å². The summed E-state index contributed by atoms with van der Waals surface area (Å²) in [7, 11) is 0.